The zero-order chi connectivity index (χ0) is 16.3. The molecule has 2 N–H and O–H groups in total. The van der Waals surface area contributed by atoms with Crippen LogP contribution in [0.2, 0.25) is 0 Å². The van der Waals surface area contributed by atoms with Crippen molar-refractivity contribution in [2.45, 2.75) is 25.7 Å². The van der Waals surface area contributed by atoms with E-state index in [1.807, 2.05) is 0 Å². The first-order valence-electron chi connectivity index (χ1n) is 6.52. The van der Waals surface area contributed by atoms with E-state index >= 15 is 0 Å². The number of hydrogen-bond acceptors (Lipinski definition) is 6. The number of hydroxylamine groups is 4. The standard InChI is InChI=1S/C14H13NO7/c16-11-4-5-12(17)15(11,21)22-14(20)8-10-3-1-2-9(6-10)7-13(18)19/h1-3,6,21H,4-5,7-8H2/p+1. The summed E-state index contributed by atoms with van der Waals surface area (Å²) in [5.41, 5.74) is 0.952. The summed E-state index contributed by atoms with van der Waals surface area (Å²) in [4.78, 5) is 47.9. The highest BCUT2D eigenvalue weighted by molar-refractivity contribution is 5.91. The molecule has 1 fully saturated rings. The first-order chi connectivity index (χ1) is 10.3. The molecule has 1 aliphatic rings. The third-order valence-corrected chi connectivity index (χ3v) is 3.16. The van der Waals surface area contributed by atoms with Gasteiger partial charge in [-0.1, -0.05) is 24.3 Å². The summed E-state index contributed by atoms with van der Waals surface area (Å²) in [6.07, 6.45) is -0.859. The number of carbonyl (C=O) groups excluding carboxylic acids is 3. The minimum Gasteiger partial charge on any atom is -0.481 e. The molecular formula is C14H14NO7+. The Balaban J connectivity index is 2.05. The van der Waals surface area contributed by atoms with E-state index in [0.29, 0.717) is 11.1 Å². The zero-order valence-electron chi connectivity index (χ0n) is 11.5. The lowest BCUT2D eigenvalue weighted by atomic mass is 10.1. The number of carbonyl (C=O) groups is 4. The van der Waals surface area contributed by atoms with E-state index in [-0.39, 0.29) is 25.7 Å². The van der Waals surface area contributed by atoms with Gasteiger partial charge in [-0.2, -0.15) is 5.21 Å². The fourth-order valence-corrected chi connectivity index (χ4v) is 2.13. The minimum absolute atomic E-state index is 0.184. The lowest BCUT2D eigenvalue weighted by molar-refractivity contribution is -1.12. The van der Waals surface area contributed by atoms with Gasteiger partial charge < -0.3 is 5.11 Å². The van der Waals surface area contributed by atoms with E-state index in [1.54, 1.807) is 18.2 Å². The summed E-state index contributed by atoms with van der Waals surface area (Å²) < 4.78 is 0. The van der Waals surface area contributed by atoms with Crippen molar-refractivity contribution >= 4 is 23.8 Å². The number of nitrogens with zero attached hydrogens (tertiary/aromatic N) is 1. The summed E-state index contributed by atoms with van der Waals surface area (Å²) in [5.74, 6) is -3.75. The number of benzene rings is 1. The van der Waals surface area contributed by atoms with Gasteiger partial charge in [0.15, 0.2) is 0 Å². The van der Waals surface area contributed by atoms with Crippen molar-refractivity contribution in [3.05, 3.63) is 35.4 Å². The maximum absolute atomic E-state index is 11.8. The van der Waals surface area contributed by atoms with Crippen LogP contribution in [-0.4, -0.2) is 38.9 Å². The van der Waals surface area contributed by atoms with Crippen LogP contribution < -0.4 is 0 Å². The third kappa shape index (κ3) is 3.35. The van der Waals surface area contributed by atoms with Gasteiger partial charge in [0.2, 0.25) is 0 Å². The van der Waals surface area contributed by atoms with Crippen molar-refractivity contribution in [3.8, 4) is 0 Å². The van der Waals surface area contributed by atoms with Crippen molar-refractivity contribution in [3.63, 3.8) is 0 Å². The molecule has 0 bridgehead atoms. The molecule has 1 aliphatic heterocycles. The summed E-state index contributed by atoms with van der Waals surface area (Å²) in [6, 6.07) is 6.25. The Morgan fingerprint density at radius 1 is 1.09 bits per heavy atom. The van der Waals surface area contributed by atoms with Crippen LogP contribution in [0.5, 0.6) is 0 Å². The van der Waals surface area contributed by atoms with Crippen LogP contribution in [0.3, 0.4) is 0 Å². The van der Waals surface area contributed by atoms with Gasteiger partial charge in [0.25, 0.3) is 0 Å². The van der Waals surface area contributed by atoms with Crippen molar-refractivity contribution in [1.29, 1.82) is 0 Å². The molecule has 0 aromatic heterocycles. The largest absolute Gasteiger partial charge is 0.481 e. The van der Waals surface area contributed by atoms with Crippen molar-refractivity contribution in [1.82, 2.24) is 0 Å². The summed E-state index contributed by atoms with van der Waals surface area (Å²) in [6.45, 7) is 0. The molecule has 0 atom stereocenters. The van der Waals surface area contributed by atoms with E-state index < -0.39 is 28.6 Å². The lowest BCUT2D eigenvalue weighted by Gasteiger charge is -2.15. The smallest absolute Gasteiger partial charge is 0.397 e. The molecule has 2 rings (SSSR count). The van der Waals surface area contributed by atoms with Crippen LogP contribution in [0.25, 0.3) is 0 Å². The van der Waals surface area contributed by atoms with Crippen LogP contribution in [-0.2, 0) is 36.9 Å². The van der Waals surface area contributed by atoms with Gasteiger partial charge in [0.05, 0.1) is 25.7 Å². The van der Waals surface area contributed by atoms with E-state index in [4.69, 9.17) is 5.11 Å². The van der Waals surface area contributed by atoms with Gasteiger partial charge in [-0.25, -0.2) is 19.2 Å². The van der Waals surface area contributed by atoms with E-state index in [1.165, 1.54) is 6.07 Å². The highest BCUT2D eigenvalue weighted by atomic mass is 17.0. The van der Waals surface area contributed by atoms with Crippen molar-refractivity contribution < 1.29 is 39.1 Å². The molecule has 0 saturated carbocycles. The topological polar surface area (TPSA) is 118 Å². The van der Waals surface area contributed by atoms with Gasteiger partial charge in [0, 0.05) is 0 Å². The number of aliphatic carboxylic acids is 1. The van der Waals surface area contributed by atoms with Crippen LogP contribution in [0.1, 0.15) is 24.0 Å². The van der Waals surface area contributed by atoms with Gasteiger partial charge in [-0.05, 0) is 11.1 Å². The number of hydrogen-bond donors (Lipinski definition) is 2. The van der Waals surface area contributed by atoms with Crippen LogP contribution in [0.4, 0.5) is 0 Å². The molecule has 1 aromatic rings. The maximum Gasteiger partial charge on any atom is 0.397 e. The summed E-state index contributed by atoms with van der Waals surface area (Å²) >= 11 is 0. The Bertz CT molecular complexity index is 636. The molecule has 8 heteroatoms. The average molecular weight is 308 g/mol. The molecule has 0 radical (unpaired) electrons. The quantitative estimate of drug-likeness (QED) is 0.458. The minimum atomic E-state index is -1.95. The molecular weight excluding hydrogens is 294 g/mol. The number of rotatable bonds is 5. The second-order valence-electron chi connectivity index (χ2n) is 4.89. The number of carboxylic acid groups (broad SMARTS) is 1. The Morgan fingerprint density at radius 2 is 1.64 bits per heavy atom. The number of amides is 2. The van der Waals surface area contributed by atoms with Crippen LogP contribution >= 0.6 is 0 Å². The third-order valence-electron chi connectivity index (χ3n) is 3.16. The fraction of sp³-hybridized carbons (Fsp3) is 0.286. The van der Waals surface area contributed by atoms with E-state index in [9.17, 15) is 24.4 Å². The summed E-state index contributed by atoms with van der Waals surface area (Å²) in [5, 5.41) is 18.5. The number of quaternary nitrogens is 1. The van der Waals surface area contributed by atoms with Crippen molar-refractivity contribution in [2.24, 2.45) is 0 Å². The highest BCUT2D eigenvalue weighted by Gasteiger charge is 2.55. The molecule has 1 heterocycles. The Kier molecular flexibility index (Phi) is 4.34. The number of imide groups is 1. The first-order valence-corrected chi connectivity index (χ1v) is 6.52. The average Bonchev–Trinajstić information content (AvgIpc) is 2.66. The van der Waals surface area contributed by atoms with Gasteiger partial charge in [-0.15, -0.1) is 0 Å². The van der Waals surface area contributed by atoms with E-state index in [2.05, 4.69) is 4.84 Å². The predicted molar refractivity (Wildman–Crippen MR) is 68.9 cm³/mol. The van der Waals surface area contributed by atoms with E-state index in [0.717, 1.165) is 0 Å². The fourth-order valence-electron chi connectivity index (χ4n) is 2.13. The summed E-state index contributed by atoms with van der Waals surface area (Å²) in [7, 11) is 0. The highest BCUT2D eigenvalue weighted by Crippen LogP contribution is 2.21. The zero-order valence-corrected chi connectivity index (χ0v) is 11.5. The molecule has 0 unspecified atom stereocenters. The lowest BCUT2D eigenvalue weighted by Crippen LogP contribution is -2.50. The molecule has 2 amide bonds. The van der Waals surface area contributed by atoms with Gasteiger partial charge >= 0.3 is 23.8 Å². The normalized spacial score (nSPS) is 16.6. The second kappa shape index (κ2) is 6.04. The molecule has 116 valence electrons. The molecule has 8 nitrogen and oxygen atoms in total. The van der Waals surface area contributed by atoms with Crippen LogP contribution in [0, 0.1) is 0 Å². The second-order valence-corrected chi connectivity index (χ2v) is 4.89. The molecule has 0 aliphatic carbocycles. The number of carboxylic acids is 1. The first kappa shape index (κ1) is 15.8. The van der Waals surface area contributed by atoms with Crippen molar-refractivity contribution in [2.75, 3.05) is 0 Å². The van der Waals surface area contributed by atoms with Gasteiger partial charge in [0.1, 0.15) is 4.81 Å². The predicted octanol–water partition coefficient (Wildman–Crippen LogP) is 0.367. The molecule has 1 saturated heterocycles. The Morgan fingerprint density at radius 3 is 2.18 bits per heavy atom. The maximum atomic E-state index is 11.8. The molecule has 0 spiro atoms. The monoisotopic (exact) mass is 308 g/mol. The molecule has 1 aromatic carbocycles. The Hall–Kier alpha value is -2.58. The SMILES string of the molecule is O=C(O)Cc1cccc(CC(=O)O[N+]2(O)C(=O)CCC2=O)c1. The van der Waals surface area contributed by atoms with Gasteiger partial charge in [-0.3, -0.25) is 4.79 Å². The van der Waals surface area contributed by atoms with Crippen LogP contribution in [0.15, 0.2) is 24.3 Å². The molecule has 22 heavy (non-hydrogen) atoms. The Labute approximate surface area is 125 Å².